The minimum Gasteiger partial charge on any atom is -0.494 e. The Hall–Kier alpha value is -1.20. The molecular formula is C16H25N3OS. The van der Waals surface area contributed by atoms with Crippen LogP contribution in [0.5, 0.6) is 5.75 Å². The summed E-state index contributed by atoms with van der Waals surface area (Å²) in [6, 6.07) is 6.50. The average molecular weight is 307 g/mol. The number of fused-ring (bicyclic) bond motifs is 1. The number of thioether (sulfide) groups is 1. The quantitative estimate of drug-likeness (QED) is 0.728. The van der Waals surface area contributed by atoms with Gasteiger partial charge in [0.2, 0.25) is 0 Å². The first-order valence-electron chi connectivity index (χ1n) is 7.70. The number of rotatable bonds is 8. The summed E-state index contributed by atoms with van der Waals surface area (Å²) < 4.78 is 5.53. The molecule has 1 aromatic carbocycles. The van der Waals surface area contributed by atoms with Crippen molar-refractivity contribution in [2.45, 2.75) is 50.6 Å². The van der Waals surface area contributed by atoms with E-state index in [1.807, 2.05) is 25.1 Å². The van der Waals surface area contributed by atoms with Crippen molar-refractivity contribution in [3.8, 4) is 5.75 Å². The van der Waals surface area contributed by atoms with Crippen LogP contribution in [0.1, 0.15) is 34.1 Å². The number of aromatic nitrogens is 2. The predicted molar refractivity (Wildman–Crippen MR) is 90.3 cm³/mol. The summed E-state index contributed by atoms with van der Waals surface area (Å²) in [5, 5.41) is 4.98. The van der Waals surface area contributed by atoms with Crippen molar-refractivity contribution in [2.75, 3.05) is 13.2 Å². The summed E-state index contributed by atoms with van der Waals surface area (Å²) in [5.41, 5.74) is 2.02. The Morgan fingerprint density at radius 1 is 1.33 bits per heavy atom. The molecule has 1 heterocycles. The number of nitrogens with zero attached hydrogens (tertiary/aromatic N) is 1. The molecule has 0 fully saturated rings. The van der Waals surface area contributed by atoms with Crippen molar-refractivity contribution in [1.29, 1.82) is 0 Å². The highest BCUT2D eigenvalue weighted by atomic mass is 32.2. The Bertz CT molecular complexity index is 570. The number of ether oxygens (including phenoxy) is 1. The molecule has 21 heavy (non-hydrogen) atoms. The zero-order chi connectivity index (χ0) is 15.2. The van der Waals surface area contributed by atoms with Gasteiger partial charge in [-0.25, -0.2) is 4.98 Å². The zero-order valence-corrected chi connectivity index (χ0v) is 14.1. The number of H-pyrrole nitrogens is 1. The van der Waals surface area contributed by atoms with Crippen LogP contribution in [-0.2, 0) is 0 Å². The fraction of sp³-hybridized carbons (Fsp3) is 0.562. The average Bonchev–Trinajstić information content (AvgIpc) is 2.86. The fourth-order valence-electron chi connectivity index (χ4n) is 2.44. The molecule has 0 amide bonds. The molecule has 2 unspecified atom stereocenters. The smallest absolute Gasteiger partial charge is 0.166 e. The fourth-order valence-corrected chi connectivity index (χ4v) is 3.57. The van der Waals surface area contributed by atoms with E-state index in [4.69, 9.17) is 4.74 Å². The van der Waals surface area contributed by atoms with Gasteiger partial charge in [0, 0.05) is 17.4 Å². The predicted octanol–water partition coefficient (Wildman–Crippen LogP) is 3.83. The van der Waals surface area contributed by atoms with Gasteiger partial charge in [-0.05, 0) is 32.0 Å². The Morgan fingerprint density at radius 3 is 2.81 bits per heavy atom. The van der Waals surface area contributed by atoms with Crippen molar-refractivity contribution in [1.82, 2.24) is 15.3 Å². The number of hydrogen-bond acceptors (Lipinski definition) is 4. The molecular weight excluding hydrogens is 282 g/mol. The largest absolute Gasteiger partial charge is 0.494 e. The highest BCUT2D eigenvalue weighted by Crippen LogP contribution is 2.27. The van der Waals surface area contributed by atoms with Gasteiger partial charge in [-0.15, -0.1) is 0 Å². The van der Waals surface area contributed by atoms with Crippen molar-refractivity contribution >= 4 is 22.8 Å². The van der Waals surface area contributed by atoms with Gasteiger partial charge in [-0.1, -0.05) is 32.5 Å². The van der Waals surface area contributed by atoms with Crippen LogP contribution in [0.25, 0.3) is 11.0 Å². The lowest BCUT2D eigenvalue weighted by atomic mass is 10.2. The molecule has 116 valence electrons. The van der Waals surface area contributed by atoms with Crippen LogP contribution in [0.15, 0.2) is 23.4 Å². The second-order valence-electron chi connectivity index (χ2n) is 5.05. The molecule has 2 rings (SSSR count). The maximum absolute atomic E-state index is 5.53. The molecule has 2 N–H and O–H groups in total. The molecule has 5 heteroatoms. The van der Waals surface area contributed by atoms with Crippen molar-refractivity contribution in [3.05, 3.63) is 18.2 Å². The Balaban J connectivity index is 2.11. The standard InChI is InChI=1S/C16H25N3OS/c1-5-13(17-6-2)11(4)21-16-18-14-9-8-12(20-7-3)10-15(14)19-16/h8-11,13,17H,5-7H2,1-4H3,(H,18,19). The molecule has 0 aliphatic rings. The molecule has 0 aliphatic carbocycles. The molecule has 2 atom stereocenters. The van der Waals surface area contributed by atoms with Gasteiger partial charge in [0.05, 0.1) is 17.6 Å². The summed E-state index contributed by atoms with van der Waals surface area (Å²) in [4.78, 5) is 8.05. The normalized spacial score (nSPS) is 14.3. The molecule has 0 saturated carbocycles. The molecule has 0 spiro atoms. The van der Waals surface area contributed by atoms with E-state index in [1.165, 1.54) is 0 Å². The second-order valence-corrected chi connectivity index (χ2v) is 6.42. The molecule has 0 aliphatic heterocycles. The SMILES string of the molecule is CCNC(CC)C(C)Sc1nc2ccc(OCC)cc2[nH]1. The van der Waals surface area contributed by atoms with Gasteiger partial charge in [0.1, 0.15) is 5.75 Å². The van der Waals surface area contributed by atoms with E-state index in [0.29, 0.717) is 17.9 Å². The zero-order valence-electron chi connectivity index (χ0n) is 13.3. The van der Waals surface area contributed by atoms with E-state index in [2.05, 4.69) is 36.1 Å². The number of benzene rings is 1. The Kier molecular flexibility index (Phi) is 5.94. The summed E-state index contributed by atoms with van der Waals surface area (Å²) in [6.45, 7) is 10.3. The van der Waals surface area contributed by atoms with Gasteiger partial charge in [-0.2, -0.15) is 0 Å². The number of hydrogen-bond donors (Lipinski definition) is 2. The first kappa shape index (κ1) is 16.2. The van der Waals surface area contributed by atoms with Gasteiger partial charge < -0.3 is 15.0 Å². The molecule has 0 bridgehead atoms. The van der Waals surface area contributed by atoms with Crippen LogP contribution >= 0.6 is 11.8 Å². The first-order chi connectivity index (χ1) is 10.2. The van der Waals surface area contributed by atoms with E-state index >= 15 is 0 Å². The van der Waals surface area contributed by atoms with E-state index in [-0.39, 0.29) is 0 Å². The van der Waals surface area contributed by atoms with Crippen LogP contribution < -0.4 is 10.1 Å². The van der Waals surface area contributed by atoms with Crippen LogP contribution in [0.4, 0.5) is 0 Å². The third-order valence-electron chi connectivity index (χ3n) is 3.51. The van der Waals surface area contributed by atoms with Crippen molar-refractivity contribution in [3.63, 3.8) is 0 Å². The highest BCUT2D eigenvalue weighted by Gasteiger charge is 2.17. The van der Waals surface area contributed by atoms with Crippen LogP contribution in [-0.4, -0.2) is 34.4 Å². The van der Waals surface area contributed by atoms with Gasteiger partial charge >= 0.3 is 0 Å². The van der Waals surface area contributed by atoms with E-state index in [9.17, 15) is 0 Å². The first-order valence-corrected chi connectivity index (χ1v) is 8.58. The third kappa shape index (κ3) is 4.14. The lowest BCUT2D eigenvalue weighted by Crippen LogP contribution is -2.35. The maximum atomic E-state index is 5.53. The van der Waals surface area contributed by atoms with E-state index in [0.717, 1.165) is 34.9 Å². The minimum atomic E-state index is 0.474. The van der Waals surface area contributed by atoms with Crippen LogP contribution in [0.2, 0.25) is 0 Å². The number of nitrogens with one attached hydrogen (secondary N) is 2. The molecule has 0 radical (unpaired) electrons. The maximum Gasteiger partial charge on any atom is 0.166 e. The van der Waals surface area contributed by atoms with Gasteiger partial charge in [-0.3, -0.25) is 0 Å². The van der Waals surface area contributed by atoms with Crippen LogP contribution in [0.3, 0.4) is 0 Å². The molecule has 0 saturated heterocycles. The number of aromatic amines is 1. The van der Waals surface area contributed by atoms with Gasteiger partial charge in [0.25, 0.3) is 0 Å². The van der Waals surface area contributed by atoms with Crippen LogP contribution in [0, 0.1) is 0 Å². The van der Waals surface area contributed by atoms with Gasteiger partial charge in [0.15, 0.2) is 5.16 Å². The van der Waals surface area contributed by atoms with Crippen molar-refractivity contribution < 1.29 is 4.74 Å². The summed E-state index contributed by atoms with van der Waals surface area (Å²) in [6.07, 6.45) is 1.12. The topological polar surface area (TPSA) is 49.9 Å². The molecule has 1 aromatic heterocycles. The summed E-state index contributed by atoms with van der Waals surface area (Å²) in [5.74, 6) is 0.886. The minimum absolute atomic E-state index is 0.474. The van der Waals surface area contributed by atoms with Crippen molar-refractivity contribution in [2.24, 2.45) is 0 Å². The lowest BCUT2D eigenvalue weighted by Gasteiger charge is -2.21. The highest BCUT2D eigenvalue weighted by molar-refractivity contribution is 7.99. The number of imidazole rings is 1. The second kappa shape index (κ2) is 7.71. The monoisotopic (exact) mass is 307 g/mol. The molecule has 2 aromatic rings. The summed E-state index contributed by atoms with van der Waals surface area (Å²) >= 11 is 1.79. The third-order valence-corrected chi connectivity index (χ3v) is 4.63. The lowest BCUT2D eigenvalue weighted by molar-refractivity contribution is 0.340. The molecule has 4 nitrogen and oxygen atoms in total. The van der Waals surface area contributed by atoms with E-state index < -0.39 is 0 Å². The van der Waals surface area contributed by atoms with E-state index in [1.54, 1.807) is 11.8 Å². The Labute approximate surface area is 131 Å². The Morgan fingerprint density at radius 2 is 2.14 bits per heavy atom. The summed E-state index contributed by atoms with van der Waals surface area (Å²) in [7, 11) is 0.